The number of nitrogens with one attached hydrogen (secondary N) is 2. The summed E-state index contributed by atoms with van der Waals surface area (Å²) in [5, 5.41) is 15.9. The van der Waals surface area contributed by atoms with Gasteiger partial charge in [0.1, 0.15) is 0 Å². The Kier molecular flexibility index (Phi) is 6.79. The molecule has 29 heavy (non-hydrogen) atoms. The number of hydrogen-bond acceptors (Lipinski definition) is 6. The Balaban J connectivity index is 1.70. The Morgan fingerprint density at radius 3 is 2.72 bits per heavy atom. The van der Waals surface area contributed by atoms with Gasteiger partial charge in [-0.25, -0.2) is 4.98 Å². The van der Waals surface area contributed by atoms with Crippen molar-refractivity contribution in [2.24, 2.45) is 0 Å². The van der Waals surface area contributed by atoms with E-state index in [9.17, 15) is 9.90 Å². The molecule has 1 amide bonds. The van der Waals surface area contributed by atoms with Crippen LogP contribution in [0.4, 0.5) is 17.3 Å². The number of hydrogen-bond donors (Lipinski definition) is 3. The molecule has 0 aliphatic heterocycles. The zero-order chi connectivity index (χ0) is 20.6. The minimum atomic E-state index is -1.27. The van der Waals surface area contributed by atoms with Gasteiger partial charge in [0.2, 0.25) is 11.8 Å². The van der Waals surface area contributed by atoms with E-state index in [1.165, 1.54) is 0 Å². The van der Waals surface area contributed by atoms with E-state index in [-0.39, 0.29) is 6.61 Å². The molecule has 3 aromatic rings. The van der Waals surface area contributed by atoms with Crippen LogP contribution in [0.3, 0.4) is 0 Å². The zero-order valence-corrected chi connectivity index (χ0v) is 16.8. The van der Waals surface area contributed by atoms with Gasteiger partial charge in [0.15, 0.2) is 12.7 Å². The second-order valence-electron chi connectivity index (χ2n) is 5.85. The Morgan fingerprint density at radius 2 is 1.97 bits per heavy atom. The molecule has 7 nitrogen and oxygen atoms in total. The Hall–Kier alpha value is -3.41. The fraction of sp³-hybridized carbons (Fsp3) is 0.0952. The lowest BCUT2D eigenvalue weighted by molar-refractivity contribution is -0.124. The average Bonchev–Trinajstić information content (AvgIpc) is 2.74. The highest BCUT2D eigenvalue weighted by Gasteiger charge is 2.17. The van der Waals surface area contributed by atoms with Crippen LogP contribution in [0.15, 0.2) is 65.3 Å². The number of anilines is 3. The van der Waals surface area contributed by atoms with Crippen molar-refractivity contribution < 1.29 is 14.6 Å². The molecule has 146 valence electrons. The standard InChI is InChI=1S/C21H17BrN4O3/c1-2-11-29-20-17(22)13-23-21(26-20)25-16-10-6-9-15(12-16)24-19(28)18(27)14-7-4-3-5-8-14/h1,3-10,12-13,18,27H,11H2,(H,24,28)(H,23,25,26)/t18-/m0/s1. The molecule has 0 aliphatic carbocycles. The number of carbonyl (C=O) groups is 1. The molecular formula is C21H17BrN4O3. The molecule has 1 atom stereocenters. The number of carbonyl (C=O) groups excluding carboxylic acids is 1. The van der Waals surface area contributed by atoms with Crippen molar-refractivity contribution in [2.75, 3.05) is 17.2 Å². The van der Waals surface area contributed by atoms with E-state index < -0.39 is 12.0 Å². The van der Waals surface area contributed by atoms with Crippen molar-refractivity contribution in [2.45, 2.75) is 6.10 Å². The summed E-state index contributed by atoms with van der Waals surface area (Å²) in [5.41, 5.74) is 1.67. The largest absolute Gasteiger partial charge is 0.464 e. The first-order valence-corrected chi connectivity index (χ1v) is 9.36. The van der Waals surface area contributed by atoms with Crippen LogP contribution >= 0.6 is 15.9 Å². The van der Waals surface area contributed by atoms with Crippen LogP contribution in [0.2, 0.25) is 0 Å². The van der Waals surface area contributed by atoms with Crippen LogP contribution in [0, 0.1) is 12.3 Å². The first kappa shape index (κ1) is 20.3. The highest BCUT2D eigenvalue weighted by atomic mass is 79.9. The van der Waals surface area contributed by atoms with Gasteiger partial charge in [-0.3, -0.25) is 4.79 Å². The van der Waals surface area contributed by atoms with E-state index in [0.29, 0.717) is 33.2 Å². The highest BCUT2D eigenvalue weighted by Crippen LogP contribution is 2.25. The molecule has 0 saturated carbocycles. The van der Waals surface area contributed by atoms with E-state index in [2.05, 4.69) is 42.5 Å². The second kappa shape index (κ2) is 9.68. The molecule has 3 rings (SSSR count). The summed E-state index contributed by atoms with van der Waals surface area (Å²) in [7, 11) is 0. The van der Waals surface area contributed by atoms with Gasteiger partial charge in [0, 0.05) is 11.4 Å². The van der Waals surface area contributed by atoms with Gasteiger partial charge in [0.25, 0.3) is 5.91 Å². The number of amides is 1. The highest BCUT2D eigenvalue weighted by molar-refractivity contribution is 9.10. The van der Waals surface area contributed by atoms with Gasteiger partial charge >= 0.3 is 0 Å². The Labute approximate surface area is 176 Å². The van der Waals surface area contributed by atoms with Gasteiger partial charge in [-0.15, -0.1) is 6.42 Å². The lowest BCUT2D eigenvalue weighted by Gasteiger charge is -2.13. The summed E-state index contributed by atoms with van der Waals surface area (Å²) in [5.74, 6) is 2.46. The van der Waals surface area contributed by atoms with Crippen LogP contribution in [0.5, 0.6) is 5.88 Å². The number of terminal acetylenes is 1. The molecule has 0 bridgehead atoms. The smallest absolute Gasteiger partial charge is 0.257 e. The minimum absolute atomic E-state index is 0.0836. The third-order valence-corrected chi connectivity index (χ3v) is 4.30. The summed E-state index contributed by atoms with van der Waals surface area (Å²) in [6.45, 7) is 0.0836. The van der Waals surface area contributed by atoms with Gasteiger partial charge in [0.05, 0.1) is 10.7 Å². The van der Waals surface area contributed by atoms with E-state index in [0.717, 1.165) is 0 Å². The number of halogens is 1. The molecule has 1 aromatic heterocycles. The fourth-order valence-corrected chi connectivity index (χ4v) is 2.73. The van der Waals surface area contributed by atoms with Crippen molar-refractivity contribution in [1.82, 2.24) is 9.97 Å². The molecule has 0 radical (unpaired) electrons. The summed E-state index contributed by atoms with van der Waals surface area (Å²) >= 11 is 3.30. The maximum atomic E-state index is 12.3. The van der Waals surface area contributed by atoms with Crippen LogP contribution in [-0.2, 0) is 4.79 Å². The number of aliphatic hydroxyl groups is 1. The topological polar surface area (TPSA) is 96.4 Å². The van der Waals surface area contributed by atoms with Crippen LogP contribution in [0.1, 0.15) is 11.7 Å². The zero-order valence-electron chi connectivity index (χ0n) is 15.2. The fourth-order valence-electron chi connectivity index (χ4n) is 2.42. The summed E-state index contributed by atoms with van der Waals surface area (Å²) in [6, 6.07) is 15.7. The van der Waals surface area contributed by atoms with E-state index >= 15 is 0 Å². The molecule has 0 spiro atoms. The second-order valence-corrected chi connectivity index (χ2v) is 6.70. The summed E-state index contributed by atoms with van der Waals surface area (Å²) < 4.78 is 5.93. The van der Waals surface area contributed by atoms with Crippen LogP contribution < -0.4 is 15.4 Å². The number of ether oxygens (including phenoxy) is 1. The Bertz CT molecular complexity index is 1040. The van der Waals surface area contributed by atoms with Gasteiger partial charge in [-0.1, -0.05) is 42.3 Å². The molecule has 1 heterocycles. The quantitative estimate of drug-likeness (QED) is 0.473. The van der Waals surface area contributed by atoms with E-state index in [4.69, 9.17) is 11.2 Å². The first-order chi connectivity index (χ1) is 14.1. The normalized spacial score (nSPS) is 11.2. The maximum Gasteiger partial charge on any atom is 0.257 e. The van der Waals surface area contributed by atoms with E-state index in [1.54, 1.807) is 54.7 Å². The van der Waals surface area contributed by atoms with Crippen LogP contribution in [0.25, 0.3) is 0 Å². The molecule has 0 aliphatic rings. The average molecular weight is 453 g/mol. The molecular weight excluding hydrogens is 436 g/mol. The van der Waals surface area contributed by atoms with Crippen molar-refractivity contribution in [3.05, 3.63) is 70.8 Å². The Morgan fingerprint density at radius 1 is 1.21 bits per heavy atom. The van der Waals surface area contributed by atoms with Crippen molar-refractivity contribution >= 4 is 39.2 Å². The number of benzene rings is 2. The molecule has 2 aromatic carbocycles. The molecule has 0 saturated heterocycles. The minimum Gasteiger partial charge on any atom is -0.464 e. The third-order valence-electron chi connectivity index (χ3n) is 3.75. The van der Waals surface area contributed by atoms with Gasteiger partial charge in [-0.05, 0) is 39.7 Å². The summed E-state index contributed by atoms with van der Waals surface area (Å²) in [6.07, 6.45) is 5.48. The summed E-state index contributed by atoms with van der Waals surface area (Å²) in [4.78, 5) is 20.7. The molecule has 0 fully saturated rings. The lowest BCUT2D eigenvalue weighted by Crippen LogP contribution is -2.20. The first-order valence-electron chi connectivity index (χ1n) is 8.56. The molecule has 8 heteroatoms. The van der Waals surface area contributed by atoms with E-state index in [1.807, 2.05) is 6.07 Å². The lowest BCUT2D eigenvalue weighted by atomic mass is 10.1. The SMILES string of the molecule is C#CCOc1nc(Nc2cccc(NC(=O)[C@@H](O)c3ccccc3)c2)ncc1Br. The number of aliphatic hydroxyl groups excluding tert-OH is 1. The van der Waals surface area contributed by atoms with Gasteiger partial charge < -0.3 is 20.5 Å². The number of nitrogens with zero attached hydrogens (tertiary/aromatic N) is 2. The van der Waals surface area contributed by atoms with Crippen molar-refractivity contribution in [3.8, 4) is 18.2 Å². The van der Waals surface area contributed by atoms with Crippen molar-refractivity contribution in [3.63, 3.8) is 0 Å². The number of rotatable bonds is 7. The maximum absolute atomic E-state index is 12.3. The van der Waals surface area contributed by atoms with Crippen molar-refractivity contribution in [1.29, 1.82) is 0 Å². The third kappa shape index (κ3) is 5.54. The molecule has 3 N–H and O–H groups in total. The van der Waals surface area contributed by atoms with Gasteiger partial charge in [-0.2, -0.15) is 4.98 Å². The monoisotopic (exact) mass is 452 g/mol. The predicted octanol–water partition coefficient (Wildman–Crippen LogP) is 3.67. The predicted molar refractivity (Wildman–Crippen MR) is 114 cm³/mol. The van der Waals surface area contributed by atoms with Crippen LogP contribution in [-0.4, -0.2) is 27.6 Å². The molecule has 0 unspecified atom stereocenters. The number of aromatic nitrogens is 2.